The van der Waals surface area contributed by atoms with E-state index in [4.69, 9.17) is 16.6 Å². The lowest BCUT2D eigenvalue weighted by Gasteiger charge is -2.31. The normalized spacial score (nSPS) is 16.7. The van der Waals surface area contributed by atoms with E-state index in [0.717, 1.165) is 52.1 Å². The fourth-order valence-electron chi connectivity index (χ4n) is 4.48. The summed E-state index contributed by atoms with van der Waals surface area (Å²) in [6, 6.07) is 23.8. The molecule has 3 aromatic carbocycles. The molecule has 0 saturated carbocycles. The lowest BCUT2D eigenvalue weighted by molar-refractivity contribution is -0.121. The van der Waals surface area contributed by atoms with Gasteiger partial charge in [-0.05, 0) is 74.0 Å². The maximum Gasteiger partial charge on any atom is 0.228 e. The number of benzene rings is 3. The molecule has 5 rings (SSSR count). The number of fused-ring (bicyclic) bond motifs is 1. The summed E-state index contributed by atoms with van der Waals surface area (Å²) in [5.41, 5.74) is 3.88. The summed E-state index contributed by atoms with van der Waals surface area (Å²) < 4.78 is 3.26. The second kappa shape index (κ2) is 9.67. The third kappa shape index (κ3) is 4.98. The van der Waals surface area contributed by atoms with Crippen LogP contribution in [0, 0.1) is 5.92 Å². The molecule has 0 aliphatic carbocycles. The maximum absolute atomic E-state index is 12.9. The Morgan fingerprint density at radius 2 is 1.91 bits per heavy atom. The molecule has 1 aliphatic rings. The number of likely N-dealkylation sites (tertiary alicyclic amines) is 1. The highest BCUT2D eigenvalue weighted by Crippen LogP contribution is 2.26. The SMILES string of the molecule is O=C(Nc1cccc(Cl)c1)[C@H]1CCCN(Cc2nc3ccccc3n2-c2ccc(Br)cc2)C1. The fourth-order valence-corrected chi connectivity index (χ4v) is 4.94. The van der Waals surface area contributed by atoms with Crippen LogP contribution in [0.15, 0.2) is 77.3 Å². The van der Waals surface area contributed by atoms with Gasteiger partial charge >= 0.3 is 0 Å². The third-order valence-corrected chi connectivity index (χ3v) is 6.81. The highest BCUT2D eigenvalue weighted by molar-refractivity contribution is 9.10. The average molecular weight is 524 g/mol. The number of halogens is 2. The molecule has 4 aromatic rings. The van der Waals surface area contributed by atoms with Crippen molar-refractivity contribution in [3.8, 4) is 5.69 Å². The van der Waals surface area contributed by atoms with Gasteiger partial charge in [-0.1, -0.05) is 45.7 Å². The van der Waals surface area contributed by atoms with E-state index >= 15 is 0 Å². The minimum absolute atomic E-state index is 0.0448. The van der Waals surface area contributed by atoms with Gasteiger partial charge < -0.3 is 5.32 Å². The number of para-hydroxylation sites is 2. The number of piperidine rings is 1. The molecule has 1 amide bonds. The van der Waals surface area contributed by atoms with Gasteiger partial charge in [-0.3, -0.25) is 14.3 Å². The first-order valence-corrected chi connectivity index (χ1v) is 12.2. The Kier molecular flexibility index (Phi) is 6.49. The number of imidazole rings is 1. The van der Waals surface area contributed by atoms with Crippen LogP contribution in [-0.2, 0) is 11.3 Å². The monoisotopic (exact) mass is 522 g/mol. The number of aromatic nitrogens is 2. The topological polar surface area (TPSA) is 50.2 Å². The number of amides is 1. The van der Waals surface area contributed by atoms with E-state index in [9.17, 15) is 4.79 Å². The lowest BCUT2D eigenvalue weighted by atomic mass is 9.97. The smallest absolute Gasteiger partial charge is 0.228 e. The summed E-state index contributed by atoms with van der Waals surface area (Å²) in [6.45, 7) is 2.34. The predicted octanol–water partition coefficient (Wildman–Crippen LogP) is 6.29. The van der Waals surface area contributed by atoms with E-state index in [0.29, 0.717) is 18.1 Å². The van der Waals surface area contributed by atoms with Gasteiger partial charge in [0.1, 0.15) is 5.82 Å². The zero-order valence-corrected chi connectivity index (χ0v) is 20.4. The molecule has 2 heterocycles. The lowest BCUT2D eigenvalue weighted by Crippen LogP contribution is -2.40. The molecule has 33 heavy (non-hydrogen) atoms. The van der Waals surface area contributed by atoms with E-state index in [-0.39, 0.29) is 11.8 Å². The fraction of sp³-hybridized carbons (Fsp3) is 0.231. The molecule has 0 bridgehead atoms. The molecule has 0 spiro atoms. The number of nitrogens with one attached hydrogen (secondary N) is 1. The average Bonchev–Trinajstić information content (AvgIpc) is 3.17. The molecular formula is C26H24BrClN4O. The van der Waals surface area contributed by atoms with Gasteiger partial charge in [0.15, 0.2) is 0 Å². The minimum Gasteiger partial charge on any atom is -0.326 e. The molecule has 1 atom stereocenters. The second-order valence-electron chi connectivity index (χ2n) is 8.40. The van der Waals surface area contributed by atoms with Crippen LogP contribution in [0.5, 0.6) is 0 Å². The Bertz CT molecular complexity index is 1290. The van der Waals surface area contributed by atoms with E-state index < -0.39 is 0 Å². The Balaban J connectivity index is 1.36. The Labute approximate surface area is 206 Å². The van der Waals surface area contributed by atoms with Gasteiger partial charge in [0, 0.05) is 27.4 Å². The van der Waals surface area contributed by atoms with Crippen LogP contribution in [0.1, 0.15) is 18.7 Å². The van der Waals surface area contributed by atoms with Gasteiger partial charge in [0.25, 0.3) is 0 Å². The van der Waals surface area contributed by atoms with E-state index in [1.54, 1.807) is 12.1 Å². The van der Waals surface area contributed by atoms with Crippen molar-refractivity contribution in [2.45, 2.75) is 19.4 Å². The van der Waals surface area contributed by atoms with Crippen molar-refractivity contribution in [2.75, 3.05) is 18.4 Å². The Hall–Kier alpha value is -2.67. The first-order chi connectivity index (χ1) is 16.1. The quantitative estimate of drug-likeness (QED) is 0.334. The molecule has 168 valence electrons. The molecule has 1 N–H and O–H groups in total. The Morgan fingerprint density at radius 3 is 2.73 bits per heavy atom. The van der Waals surface area contributed by atoms with Crippen LogP contribution < -0.4 is 5.32 Å². The highest BCUT2D eigenvalue weighted by Gasteiger charge is 2.27. The summed E-state index contributed by atoms with van der Waals surface area (Å²) in [4.78, 5) is 20.2. The summed E-state index contributed by atoms with van der Waals surface area (Å²) in [5, 5.41) is 3.64. The van der Waals surface area contributed by atoms with Crippen molar-refractivity contribution in [3.63, 3.8) is 0 Å². The molecule has 5 nitrogen and oxygen atoms in total. The molecule has 1 aromatic heterocycles. The standard InChI is InChI=1S/C26H24BrClN4O/c27-19-10-12-22(13-11-19)32-24-9-2-1-8-23(24)30-25(32)17-31-14-4-5-18(16-31)26(33)29-21-7-3-6-20(28)15-21/h1-3,6-13,15,18H,4-5,14,16-17H2,(H,29,33)/t18-/m0/s1. The van der Waals surface area contributed by atoms with Crippen molar-refractivity contribution >= 4 is 50.2 Å². The molecule has 7 heteroatoms. The molecular weight excluding hydrogens is 500 g/mol. The van der Waals surface area contributed by atoms with E-state index in [1.807, 2.05) is 42.5 Å². The largest absolute Gasteiger partial charge is 0.326 e. The Morgan fingerprint density at radius 1 is 1.09 bits per heavy atom. The predicted molar refractivity (Wildman–Crippen MR) is 137 cm³/mol. The second-order valence-corrected chi connectivity index (χ2v) is 9.75. The van der Waals surface area contributed by atoms with Gasteiger partial charge in [0.05, 0.1) is 23.5 Å². The van der Waals surface area contributed by atoms with Gasteiger partial charge in [-0.15, -0.1) is 0 Å². The van der Waals surface area contributed by atoms with Crippen LogP contribution >= 0.6 is 27.5 Å². The van der Waals surface area contributed by atoms with Crippen molar-refractivity contribution in [2.24, 2.45) is 5.92 Å². The van der Waals surface area contributed by atoms with Gasteiger partial charge in [-0.25, -0.2) is 4.98 Å². The number of carbonyl (C=O) groups excluding carboxylic acids is 1. The van der Waals surface area contributed by atoms with Gasteiger partial charge in [-0.2, -0.15) is 0 Å². The molecule has 1 saturated heterocycles. The first-order valence-electron chi connectivity index (χ1n) is 11.1. The van der Waals surface area contributed by atoms with Crippen LogP contribution in [-0.4, -0.2) is 33.4 Å². The zero-order valence-electron chi connectivity index (χ0n) is 18.0. The van der Waals surface area contributed by atoms with Crippen LogP contribution in [0.3, 0.4) is 0 Å². The van der Waals surface area contributed by atoms with E-state index in [2.05, 4.69) is 48.9 Å². The van der Waals surface area contributed by atoms with Crippen LogP contribution in [0.4, 0.5) is 5.69 Å². The van der Waals surface area contributed by atoms with Crippen molar-refractivity contribution in [1.29, 1.82) is 0 Å². The highest BCUT2D eigenvalue weighted by atomic mass is 79.9. The number of rotatable bonds is 5. The maximum atomic E-state index is 12.9. The first kappa shape index (κ1) is 22.1. The van der Waals surface area contributed by atoms with Crippen molar-refractivity contribution < 1.29 is 4.79 Å². The molecule has 1 fully saturated rings. The number of carbonyl (C=O) groups is 1. The number of nitrogens with zero attached hydrogens (tertiary/aromatic N) is 3. The van der Waals surface area contributed by atoms with Crippen molar-refractivity contribution in [1.82, 2.24) is 14.5 Å². The number of hydrogen-bond acceptors (Lipinski definition) is 3. The number of anilines is 1. The third-order valence-electron chi connectivity index (χ3n) is 6.05. The number of hydrogen-bond donors (Lipinski definition) is 1. The molecule has 0 radical (unpaired) electrons. The van der Waals surface area contributed by atoms with Crippen LogP contribution in [0.2, 0.25) is 5.02 Å². The van der Waals surface area contributed by atoms with Crippen LogP contribution in [0.25, 0.3) is 16.7 Å². The van der Waals surface area contributed by atoms with E-state index in [1.165, 1.54) is 0 Å². The minimum atomic E-state index is -0.0664. The summed E-state index contributed by atoms with van der Waals surface area (Å²) >= 11 is 9.59. The zero-order chi connectivity index (χ0) is 22.8. The molecule has 1 aliphatic heterocycles. The summed E-state index contributed by atoms with van der Waals surface area (Å²) in [6.07, 6.45) is 1.86. The summed E-state index contributed by atoms with van der Waals surface area (Å²) in [5.74, 6) is 0.959. The molecule has 0 unspecified atom stereocenters. The summed E-state index contributed by atoms with van der Waals surface area (Å²) in [7, 11) is 0. The van der Waals surface area contributed by atoms with Crippen molar-refractivity contribution in [3.05, 3.63) is 88.1 Å². The van der Waals surface area contributed by atoms with Gasteiger partial charge in [0.2, 0.25) is 5.91 Å².